The summed E-state index contributed by atoms with van der Waals surface area (Å²) in [6.07, 6.45) is 0. The highest BCUT2D eigenvalue weighted by atomic mass is 16.5. The standard InChI is InChI=1S/C12H11NO/c1-14-12(13)11-8-4-6-9-5-2-3-7-10(9)11/h2-8,13H,1H3. The second kappa shape index (κ2) is 3.50. The van der Waals surface area contributed by atoms with Crippen LogP contribution in [0.5, 0.6) is 0 Å². The molecule has 2 nitrogen and oxygen atoms in total. The molecular formula is C12H11NO. The van der Waals surface area contributed by atoms with Gasteiger partial charge in [0.1, 0.15) is 0 Å². The van der Waals surface area contributed by atoms with Crippen LogP contribution in [-0.2, 0) is 4.74 Å². The number of fused-ring (bicyclic) bond motifs is 1. The number of benzene rings is 2. The average molecular weight is 185 g/mol. The highest BCUT2D eigenvalue weighted by molar-refractivity contribution is 6.05. The van der Waals surface area contributed by atoms with Gasteiger partial charge in [-0.2, -0.15) is 0 Å². The molecule has 0 aliphatic rings. The number of hydrogen-bond acceptors (Lipinski definition) is 2. The Morgan fingerprint density at radius 3 is 2.57 bits per heavy atom. The van der Waals surface area contributed by atoms with E-state index in [1.165, 1.54) is 7.11 Å². The first-order chi connectivity index (χ1) is 6.83. The lowest BCUT2D eigenvalue weighted by Gasteiger charge is -2.05. The van der Waals surface area contributed by atoms with Gasteiger partial charge in [0.15, 0.2) is 0 Å². The molecule has 2 heteroatoms. The van der Waals surface area contributed by atoms with Gasteiger partial charge >= 0.3 is 0 Å². The minimum Gasteiger partial charge on any atom is -0.481 e. The van der Waals surface area contributed by atoms with E-state index in [9.17, 15) is 0 Å². The SMILES string of the molecule is COC(=N)c1cccc2ccccc12. The third-order valence-electron chi connectivity index (χ3n) is 2.24. The van der Waals surface area contributed by atoms with E-state index < -0.39 is 0 Å². The Morgan fingerprint density at radius 2 is 1.79 bits per heavy atom. The molecule has 0 atom stereocenters. The van der Waals surface area contributed by atoms with Crippen molar-refractivity contribution in [3.8, 4) is 0 Å². The van der Waals surface area contributed by atoms with E-state index in [-0.39, 0.29) is 5.90 Å². The second-order valence-electron chi connectivity index (χ2n) is 3.06. The molecule has 0 aromatic heterocycles. The van der Waals surface area contributed by atoms with E-state index in [4.69, 9.17) is 10.1 Å². The summed E-state index contributed by atoms with van der Waals surface area (Å²) in [5.41, 5.74) is 0.839. The lowest BCUT2D eigenvalue weighted by Crippen LogP contribution is -2.01. The van der Waals surface area contributed by atoms with Crippen molar-refractivity contribution in [3.05, 3.63) is 48.0 Å². The molecule has 2 rings (SSSR count). The Bertz CT molecular complexity index is 471. The van der Waals surface area contributed by atoms with E-state index in [0.29, 0.717) is 0 Å². The molecule has 2 aromatic carbocycles. The van der Waals surface area contributed by atoms with E-state index in [1.54, 1.807) is 0 Å². The normalized spacial score (nSPS) is 10.1. The lowest BCUT2D eigenvalue weighted by atomic mass is 10.0. The van der Waals surface area contributed by atoms with E-state index in [0.717, 1.165) is 16.3 Å². The highest BCUT2D eigenvalue weighted by Gasteiger charge is 2.04. The maximum absolute atomic E-state index is 7.64. The first-order valence-corrected chi connectivity index (χ1v) is 4.43. The van der Waals surface area contributed by atoms with Crippen LogP contribution in [0.15, 0.2) is 42.5 Å². The largest absolute Gasteiger partial charge is 0.481 e. The zero-order valence-electron chi connectivity index (χ0n) is 7.95. The van der Waals surface area contributed by atoms with Crippen molar-refractivity contribution in [1.82, 2.24) is 0 Å². The van der Waals surface area contributed by atoms with E-state index >= 15 is 0 Å². The summed E-state index contributed by atoms with van der Waals surface area (Å²) >= 11 is 0. The molecule has 0 saturated heterocycles. The van der Waals surface area contributed by atoms with Gasteiger partial charge in [0.05, 0.1) is 7.11 Å². The molecule has 0 heterocycles. The van der Waals surface area contributed by atoms with Crippen LogP contribution in [-0.4, -0.2) is 13.0 Å². The van der Waals surface area contributed by atoms with E-state index in [1.807, 2.05) is 42.5 Å². The van der Waals surface area contributed by atoms with Crippen LogP contribution in [0.2, 0.25) is 0 Å². The molecule has 0 bridgehead atoms. The summed E-state index contributed by atoms with van der Waals surface area (Å²) < 4.78 is 4.93. The fourth-order valence-corrected chi connectivity index (χ4v) is 1.53. The fourth-order valence-electron chi connectivity index (χ4n) is 1.53. The third kappa shape index (κ3) is 1.35. The monoisotopic (exact) mass is 185 g/mol. The minimum absolute atomic E-state index is 0.210. The Balaban J connectivity index is 2.71. The molecule has 0 aliphatic heterocycles. The van der Waals surface area contributed by atoms with Gasteiger partial charge in [-0.1, -0.05) is 36.4 Å². The van der Waals surface area contributed by atoms with Crippen molar-refractivity contribution in [1.29, 1.82) is 5.41 Å². The van der Waals surface area contributed by atoms with Crippen LogP contribution < -0.4 is 0 Å². The summed E-state index contributed by atoms with van der Waals surface area (Å²) in [5, 5.41) is 9.83. The van der Waals surface area contributed by atoms with Crippen LogP contribution in [0.1, 0.15) is 5.56 Å². The molecule has 0 radical (unpaired) electrons. The van der Waals surface area contributed by atoms with Crippen LogP contribution in [0.25, 0.3) is 10.8 Å². The van der Waals surface area contributed by atoms with Crippen molar-refractivity contribution in [3.63, 3.8) is 0 Å². The predicted molar refractivity (Wildman–Crippen MR) is 57.8 cm³/mol. The molecule has 0 fully saturated rings. The smallest absolute Gasteiger partial charge is 0.213 e. The van der Waals surface area contributed by atoms with Gasteiger partial charge in [0.25, 0.3) is 0 Å². The third-order valence-corrected chi connectivity index (χ3v) is 2.24. The summed E-state index contributed by atoms with van der Waals surface area (Å²) in [7, 11) is 1.52. The van der Waals surface area contributed by atoms with Crippen molar-refractivity contribution in [2.45, 2.75) is 0 Å². The number of ether oxygens (including phenoxy) is 1. The second-order valence-corrected chi connectivity index (χ2v) is 3.06. The number of methoxy groups -OCH3 is 1. The summed E-state index contributed by atoms with van der Waals surface area (Å²) in [4.78, 5) is 0. The Kier molecular flexibility index (Phi) is 2.19. The predicted octanol–water partition coefficient (Wildman–Crippen LogP) is 2.81. The van der Waals surface area contributed by atoms with Crippen molar-refractivity contribution in [2.75, 3.05) is 7.11 Å². The number of nitrogens with one attached hydrogen (secondary N) is 1. The maximum atomic E-state index is 7.64. The summed E-state index contributed by atoms with van der Waals surface area (Å²) in [6.45, 7) is 0. The quantitative estimate of drug-likeness (QED) is 0.537. The van der Waals surface area contributed by atoms with Crippen LogP contribution in [0.3, 0.4) is 0 Å². The van der Waals surface area contributed by atoms with Crippen molar-refractivity contribution >= 4 is 16.7 Å². The fraction of sp³-hybridized carbons (Fsp3) is 0.0833. The van der Waals surface area contributed by atoms with Gasteiger partial charge in [-0.3, -0.25) is 5.41 Å². The first-order valence-electron chi connectivity index (χ1n) is 4.43. The summed E-state index contributed by atoms with van der Waals surface area (Å²) in [5.74, 6) is 0.210. The molecule has 70 valence electrons. The van der Waals surface area contributed by atoms with Gasteiger partial charge in [-0.05, 0) is 16.8 Å². The highest BCUT2D eigenvalue weighted by Crippen LogP contribution is 2.18. The van der Waals surface area contributed by atoms with Crippen LogP contribution in [0, 0.1) is 5.41 Å². The molecule has 0 unspecified atom stereocenters. The number of hydrogen-bond donors (Lipinski definition) is 1. The van der Waals surface area contributed by atoms with Crippen molar-refractivity contribution in [2.24, 2.45) is 0 Å². The lowest BCUT2D eigenvalue weighted by molar-refractivity contribution is 0.401. The molecule has 1 N–H and O–H groups in total. The Morgan fingerprint density at radius 1 is 1.07 bits per heavy atom. The van der Waals surface area contributed by atoms with Crippen LogP contribution >= 0.6 is 0 Å². The van der Waals surface area contributed by atoms with Crippen LogP contribution in [0.4, 0.5) is 0 Å². The van der Waals surface area contributed by atoms with Crippen molar-refractivity contribution < 1.29 is 4.74 Å². The van der Waals surface area contributed by atoms with E-state index in [2.05, 4.69) is 0 Å². The minimum atomic E-state index is 0.210. The first kappa shape index (κ1) is 8.75. The summed E-state index contributed by atoms with van der Waals surface area (Å²) in [6, 6.07) is 13.8. The van der Waals surface area contributed by atoms with Gasteiger partial charge in [-0.15, -0.1) is 0 Å². The van der Waals surface area contributed by atoms with Gasteiger partial charge in [-0.25, -0.2) is 0 Å². The van der Waals surface area contributed by atoms with Gasteiger partial charge < -0.3 is 4.74 Å². The number of rotatable bonds is 1. The zero-order chi connectivity index (χ0) is 9.97. The molecule has 0 spiro atoms. The van der Waals surface area contributed by atoms with Gasteiger partial charge in [0, 0.05) is 5.56 Å². The molecule has 0 saturated carbocycles. The zero-order valence-corrected chi connectivity index (χ0v) is 7.95. The molecular weight excluding hydrogens is 174 g/mol. The Labute approximate surface area is 82.6 Å². The molecule has 0 amide bonds. The molecule has 2 aromatic rings. The average Bonchev–Trinajstić information content (AvgIpc) is 2.27. The molecule has 0 aliphatic carbocycles. The van der Waals surface area contributed by atoms with Gasteiger partial charge in [0.2, 0.25) is 5.90 Å². The maximum Gasteiger partial charge on any atom is 0.213 e. The topological polar surface area (TPSA) is 33.1 Å². The molecule has 14 heavy (non-hydrogen) atoms. The Hall–Kier alpha value is -1.83.